The highest BCUT2D eigenvalue weighted by atomic mass is 14.6. The molecule has 102 valence electrons. The first-order valence-corrected chi connectivity index (χ1v) is 7.78. The second kappa shape index (κ2) is 6.56. The molecule has 0 atom stereocenters. The number of hydrogen-bond donors (Lipinski definition) is 1. The maximum atomic E-state index is 6.01. The van der Waals surface area contributed by atoms with E-state index in [1.165, 1.54) is 56.9 Å². The molecule has 0 aromatic heterocycles. The molecular weight excluding hydrogens is 218 g/mol. The molecule has 0 aromatic rings. The summed E-state index contributed by atoms with van der Waals surface area (Å²) in [5, 5.41) is 0. The van der Waals surface area contributed by atoms with Crippen molar-refractivity contribution in [2.75, 3.05) is 0 Å². The van der Waals surface area contributed by atoms with Crippen LogP contribution in [0.3, 0.4) is 0 Å². The Labute approximate surface area is 113 Å². The van der Waals surface area contributed by atoms with Crippen molar-refractivity contribution in [1.82, 2.24) is 0 Å². The first-order valence-electron chi connectivity index (χ1n) is 7.78. The molecule has 0 aromatic carbocycles. The first kappa shape index (κ1) is 13.9. The summed E-state index contributed by atoms with van der Waals surface area (Å²) in [7, 11) is 0. The van der Waals surface area contributed by atoms with Crippen molar-refractivity contribution in [2.45, 2.75) is 64.3 Å². The summed E-state index contributed by atoms with van der Waals surface area (Å²) in [6, 6.07) is 0.494. The van der Waals surface area contributed by atoms with Gasteiger partial charge in [0.15, 0.2) is 0 Å². The van der Waals surface area contributed by atoms with Gasteiger partial charge in [-0.2, -0.15) is 0 Å². The molecule has 2 saturated carbocycles. The molecule has 1 nitrogen and oxygen atoms in total. The highest BCUT2D eigenvalue weighted by Crippen LogP contribution is 2.41. The van der Waals surface area contributed by atoms with Crippen molar-refractivity contribution in [3.8, 4) is 0 Å². The van der Waals surface area contributed by atoms with Crippen LogP contribution in [0.15, 0.2) is 24.3 Å². The van der Waals surface area contributed by atoms with Gasteiger partial charge in [-0.05, 0) is 81.6 Å². The summed E-state index contributed by atoms with van der Waals surface area (Å²) in [5.74, 6) is 2.75. The Hall–Kier alpha value is -0.560. The van der Waals surface area contributed by atoms with E-state index >= 15 is 0 Å². The molecule has 2 fully saturated rings. The van der Waals surface area contributed by atoms with Crippen LogP contribution in [0.2, 0.25) is 0 Å². The van der Waals surface area contributed by atoms with Gasteiger partial charge in [-0.15, -0.1) is 0 Å². The summed E-state index contributed by atoms with van der Waals surface area (Å²) in [4.78, 5) is 0. The van der Waals surface area contributed by atoms with E-state index in [0.29, 0.717) is 6.04 Å². The molecule has 0 amide bonds. The third-order valence-electron chi connectivity index (χ3n) is 5.30. The van der Waals surface area contributed by atoms with E-state index in [9.17, 15) is 0 Å². The summed E-state index contributed by atoms with van der Waals surface area (Å²) in [6.45, 7) is 6.09. The van der Waals surface area contributed by atoms with Gasteiger partial charge in [0.2, 0.25) is 0 Å². The minimum atomic E-state index is 0.494. The third kappa shape index (κ3) is 3.26. The van der Waals surface area contributed by atoms with Crippen molar-refractivity contribution in [3.05, 3.63) is 24.3 Å². The van der Waals surface area contributed by atoms with Gasteiger partial charge >= 0.3 is 0 Å². The van der Waals surface area contributed by atoms with Gasteiger partial charge in [0.1, 0.15) is 0 Å². The van der Waals surface area contributed by atoms with Crippen molar-refractivity contribution in [2.24, 2.45) is 23.5 Å². The first-order chi connectivity index (χ1) is 8.74. The molecule has 0 unspecified atom stereocenters. The van der Waals surface area contributed by atoms with Gasteiger partial charge in [0.05, 0.1) is 0 Å². The van der Waals surface area contributed by atoms with Gasteiger partial charge in [0.25, 0.3) is 0 Å². The van der Waals surface area contributed by atoms with E-state index in [0.717, 1.165) is 17.8 Å². The maximum Gasteiger partial charge on any atom is 0.00390 e. The van der Waals surface area contributed by atoms with E-state index in [2.05, 4.69) is 25.7 Å². The quantitative estimate of drug-likeness (QED) is 0.733. The van der Waals surface area contributed by atoms with Crippen molar-refractivity contribution >= 4 is 0 Å². The Balaban J connectivity index is 1.81. The van der Waals surface area contributed by atoms with Gasteiger partial charge in [-0.25, -0.2) is 0 Å². The van der Waals surface area contributed by atoms with Crippen LogP contribution >= 0.6 is 0 Å². The molecule has 0 spiro atoms. The Kier molecular flexibility index (Phi) is 5.05. The Morgan fingerprint density at radius 1 is 0.944 bits per heavy atom. The lowest BCUT2D eigenvalue weighted by Gasteiger charge is -2.37. The number of rotatable bonds is 3. The lowest BCUT2D eigenvalue weighted by Crippen LogP contribution is -2.31. The van der Waals surface area contributed by atoms with Gasteiger partial charge < -0.3 is 5.73 Å². The second-order valence-corrected chi connectivity index (χ2v) is 6.28. The van der Waals surface area contributed by atoms with Crippen molar-refractivity contribution < 1.29 is 0 Å². The van der Waals surface area contributed by atoms with Crippen LogP contribution in [0.1, 0.15) is 58.3 Å². The molecule has 2 aliphatic carbocycles. The monoisotopic (exact) mass is 247 g/mol. The predicted octanol–water partition coefficient (Wildman–Crippen LogP) is 4.44. The summed E-state index contributed by atoms with van der Waals surface area (Å²) in [6.07, 6.45) is 15.2. The van der Waals surface area contributed by atoms with Gasteiger partial charge in [-0.3, -0.25) is 0 Å². The largest absolute Gasteiger partial charge is 0.328 e. The zero-order chi connectivity index (χ0) is 13.0. The molecule has 0 saturated heterocycles. The fourth-order valence-corrected chi connectivity index (χ4v) is 4.06. The number of nitrogens with two attached hydrogens (primary N) is 1. The molecule has 2 aliphatic rings. The normalized spacial score (nSPS) is 38.4. The Bertz CT molecular complexity index is 289. The SMILES string of the molecule is C=C/C(=C\C)C1CCC(C2CCC(N)CC2)CC1. The molecule has 0 radical (unpaired) electrons. The number of allylic oxidation sites excluding steroid dienone is 3. The predicted molar refractivity (Wildman–Crippen MR) is 79.3 cm³/mol. The van der Waals surface area contributed by atoms with Crippen molar-refractivity contribution in [1.29, 1.82) is 0 Å². The minimum Gasteiger partial charge on any atom is -0.328 e. The molecule has 2 rings (SSSR count). The average Bonchev–Trinajstić information content (AvgIpc) is 2.42. The van der Waals surface area contributed by atoms with Crippen LogP contribution in [0.4, 0.5) is 0 Å². The third-order valence-corrected chi connectivity index (χ3v) is 5.30. The molecule has 0 heterocycles. The highest BCUT2D eigenvalue weighted by molar-refractivity contribution is 5.19. The fourth-order valence-electron chi connectivity index (χ4n) is 4.06. The van der Waals surface area contributed by atoms with Crippen LogP contribution in [0.5, 0.6) is 0 Å². The van der Waals surface area contributed by atoms with Gasteiger partial charge in [0, 0.05) is 6.04 Å². The number of hydrogen-bond acceptors (Lipinski definition) is 1. The minimum absolute atomic E-state index is 0.494. The standard InChI is InChI=1S/C17H29N/c1-3-13(4-2)14-5-7-15(8-6-14)16-9-11-17(18)12-10-16/h3-4,14-17H,1,5-12,18H2,2H3/b13-4+. The maximum absolute atomic E-state index is 6.01. The van der Waals surface area contributed by atoms with Crippen molar-refractivity contribution in [3.63, 3.8) is 0 Å². The molecule has 2 N–H and O–H groups in total. The zero-order valence-corrected chi connectivity index (χ0v) is 11.9. The van der Waals surface area contributed by atoms with Crippen LogP contribution < -0.4 is 5.73 Å². The van der Waals surface area contributed by atoms with E-state index < -0.39 is 0 Å². The molecule has 1 heteroatoms. The molecular formula is C17H29N. The van der Waals surface area contributed by atoms with E-state index in [1.54, 1.807) is 0 Å². The van der Waals surface area contributed by atoms with Crippen LogP contribution in [0, 0.1) is 17.8 Å². The lowest BCUT2D eigenvalue weighted by molar-refractivity contribution is 0.170. The summed E-state index contributed by atoms with van der Waals surface area (Å²) >= 11 is 0. The smallest absolute Gasteiger partial charge is 0.00390 e. The van der Waals surface area contributed by atoms with Crippen LogP contribution in [-0.4, -0.2) is 6.04 Å². The molecule has 0 aliphatic heterocycles. The van der Waals surface area contributed by atoms with E-state index in [4.69, 9.17) is 5.73 Å². The Morgan fingerprint density at radius 3 is 1.89 bits per heavy atom. The fraction of sp³-hybridized carbons (Fsp3) is 0.765. The topological polar surface area (TPSA) is 26.0 Å². The molecule has 0 bridgehead atoms. The van der Waals surface area contributed by atoms with Crippen LogP contribution in [0.25, 0.3) is 0 Å². The summed E-state index contributed by atoms with van der Waals surface area (Å²) < 4.78 is 0. The van der Waals surface area contributed by atoms with E-state index in [1.807, 2.05) is 0 Å². The summed E-state index contributed by atoms with van der Waals surface area (Å²) in [5.41, 5.74) is 7.48. The Morgan fingerprint density at radius 2 is 1.44 bits per heavy atom. The lowest BCUT2D eigenvalue weighted by atomic mass is 9.69. The van der Waals surface area contributed by atoms with Crippen LogP contribution in [-0.2, 0) is 0 Å². The molecule has 18 heavy (non-hydrogen) atoms. The average molecular weight is 247 g/mol. The van der Waals surface area contributed by atoms with E-state index in [-0.39, 0.29) is 0 Å². The second-order valence-electron chi connectivity index (χ2n) is 6.28. The highest BCUT2D eigenvalue weighted by Gasteiger charge is 2.30. The zero-order valence-electron chi connectivity index (χ0n) is 11.9. The van der Waals surface area contributed by atoms with Gasteiger partial charge in [-0.1, -0.05) is 18.7 Å².